The van der Waals surface area contributed by atoms with Crippen LogP contribution in [0, 0.1) is 5.82 Å². The van der Waals surface area contributed by atoms with E-state index in [2.05, 4.69) is 16.0 Å². The molecule has 3 N–H and O–H groups in total. The van der Waals surface area contributed by atoms with Crippen LogP contribution in [0.3, 0.4) is 0 Å². The van der Waals surface area contributed by atoms with Crippen molar-refractivity contribution in [3.05, 3.63) is 24.0 Å². The van der Waals surface area contributed by atoms with Gasteiger partial charge >= 0.3 is 0 Å². The third-order valence-corrected chi connectivity index (χ3v) is 4.89. The molecule has 2 heterocycles. The predicted octanol–water partition coefficient (Wildman–Crippen LogP) is 3.73. The Bertz CT molecular complexity index is 592. The van der Waals surface area contributed by atoms with E-state index in [0.29, 0.717) is 17.9 Å². The summed E-state index contributed by atoms with van der Waals surface area (Å²) >= 11 is 0. The largest absolute Gasteiger partial charge is 0.380 e. The van der Waals surface area contributed by atoms with Crippen LogP contribution in [-0.2, 0) is 9.53 Å². The number of halogens is 3. The van der Waals surface area contributed by atoms with E-state index in [4.69, 9.17) is 4.74 Å². The van der Waals surface area contributed by atoms with Gasteiger partial charge in [0.15, 0.2) is 0 Å². The Morgan fingerprint density at radius 1 is 1.35 bits per heavy atom. The molecule has 8 heteroatoms. The van der Waals surface area contributed by atoms with Crippen molar-refractivity contribution in [2.45, 2.75) is 50.7 Å². The summed E-state index contributed by atoms with van der Waals surface area (Å²) in [6.07, 6.45) is 5.13. The molecule has 1 aromatic carbocycles. The lowest BCUT2D eigenvalue weighted by molar-refractivity contribution is -0.122. The number of hydrogen-bond donors (Lipinski definition) is 3. The Labute approximate surface area is 166 Å². The second-order valence-electron chi connectivity index (χ2n) is 6.88. The van der Waals surface area contributed by atoms with Crippen LogP contribution < -0.4 is 16.0 Å². The average molecular weight is 408 g/mol. The molecule has 2 fully saturated rings. The van der Waals surface area contributed by atoms with Crippen molar-refractivity contribution in [1.29, 1.82) is 0 Å². The standard InChI is InChI=1S/C18H26FN3O2.2ClH/c1-18(8-2-3-9-21-18)17(23)22-13-6-7-16(15(19)11-13)20-12-14-5-4-10-24-14;;/h6-7,11,14,20-21H,2-5,8-10,12H2,1H3,(H,22,23);2*1H. The number of hydrogen-bond acceptors (Lipinski definition) is 4. The van der Waals surface area contributed by atoms with Crippen LogP contribution in [0.2, 0.25) is 0 Å². The monoisotopic (exact) mass is 407 g/mol. The number of nitrogens with one attached hydrogen (secondary N) is 3. The maximum absolute atomic E-state index is 14.2. The van der Waals surface area contributed by atoms with Gasteiger partial charge in [0.05, 0.1) is 17.3 Å². The summed E-state index contributed by atoms with van der Waals surface area (Å²) in [6.45, 7) is 4.12. The van der Waals surface area contributed by atoms with E-state index in [0.717, 1.165) is 45.3 Å². The van der Waals surface area contributed by atoms with Crippen molar-refractivity contribution < 1.29 is 13.9 Å². The number of rotatable bonds is 5. The number of piperidine rings is 1. The molecule has 0 bridgehead atoms. The fourth-order valence-electron chi connectivity index (χ4n) is 3.28. The summed E-state index contributed by atoms with van der Waals surface area (Å²) in [5.41, 5.74) is 0.338. The Hall–Kier alpha value is -1.08. The van der Waals surface area contributed by atoms with Crippen molar-refractivity contribution in [2.24, 2.45) is 0 Å². The quantitative estimate of drug-likeness (QED) is 0.695. The fraction of sp³-hybridized carbons (Fsp3) is 0.611. The number of amides is 1. The molecule has 0 spiro atoms. The molecule has 2 aliphatic rings. The zero-order valence-electron chi connectivity index (χ0n) is 15.0. The SMILES string of the molecule is CC1(C(=O)Nc2ccc(NCC3CCCO3)c(F)c2)CCCCN1.Cl.Cl. The highest BCUT2D eigenvalue weighted by molar-refractivity contribution is 5.98. The average Bonchev–Trinajstić information content (AvgIpc) is 3.08. The number of ether oxygens (including phenoxy) is 1. The summed E-state index contributed by atoms with van der Waals surface area (Å²) in [5, 5.41) is 9.17. The van der Waals surface area contributed by atoms with Gasteiger partial charge in [0.25, 0.3) is 0 Å². The zero-order chi connectivity index (χ0) is 17.0. The first-order valence-electron chi connectivity index (χ1n) is 8.78. The van der Waals surface area contributed by atoms with E-state index in [1.165, 1.54) is 6.07 Å². The molecule has 0 aliphatic carbocycles. The van der Waals surface area contributed by atoms with Crippen molar-refractivity contribution in [1.82, 2.24) is 5.32 Å². The molecule has 0 saturated carbocycles. The first-order chi connectivity index (χ1) is 11.6. The van der Waals surface area contributed by atoms with Crippen LogP contribution in [0.1, 0.15) is 39.0 Å². The highest BCUT2D eigenvalue weighted by atomic mass is 35.5. The molecule has 1 aromatic rings. The fourth-order valence-corrected chi connectivity index (χ4v) is 3.28. The zero-order valence-corrected chi connectivity index (χ0v) is 16.6. The molecule has 5 nitrogen and oxygen atoms in total. The molecule has 0 aromatic heterocycles. The second kappa shape index (κ2) is 10.3. The summed E-state index contributed by atoms with van der Waals surface area (Å²) in [7, 11) is 0. The van der Waals surface area contributed by atoms with Gasteiger partial charge in [0.1, 0.15) is 5.82 Å². The molecule has 1 amide bonds. The van der Waals surface area contributed by atoms with Crippen LogP contribution in [0.25, 0.3) is 0 Å². The molecule has 2 atom stereocenters. The van der Waals surface area contributed by atoms with Crippen LogP contribution in [-0.4, -0.2) is 37.2 Å². The van der Waals surface area contributed by atoms with Gasteiger partial charge in [-0.3, -0.25) is 4.79 Å². The van der Waals surface area contributed by atoms with Gasteiger partial charge in [-0.15, -0.1) is 24.8 Å². The maximum atomic E-state index is 14.2. The van der Waals surface area contributed by atoms with E-state index >= 15 is 0 Å². The minimum absolute atomic E-state index is 0. The minimum atomic E-state index is -0.578. The van der Waals surface area contributed by atoms with Gasteiger partial charge in [0, 0.05) is 18.8 Å². The Balaban J connectivity index is 0.00000169. The number of anilines is 2. The second-order valence-corrected chi connectivity index (χ2v) is 6.88. The highest BCUT2D eigenvalue weighted by Gasteiger charge is 2.34. The highest BCUT2D eigenvalue weighted by Crippen LogP contribution is 2.24. The number of carbonyl (C=O) groups is 1. The molecule has 26 heavy (non-hydrogen) atoms. The predicted molar refractivity (Wildman–Crippen MR) is 107 cm³/mol. The summed E-state index contributed by atoms with van der Waals surface area (Å²) in [5.74, 6) is -0.478. The van der Waals surface area contributed by atoms with E-state index in [-0.39, 0.29) is 42.6 Å². The lowest BCUT2D eigenvalue weighted by Gasteiger charge is -2.33. The molecule has 2 aliphatic heterocycles. The molecule has 2 unspecified atom stereocenters. The van der Waals surface area contributed by atoms with Gasteiger partial charge < -0.3 is 20.7 Å². The molecular weight excluding hydrogens is 380 g/mol. The van der Waals surface area contributed by atoms with Crippen LogP contribution in [0.5, 0.6) is 0 Å². The van der Waals surface area contributed by atoms with Gasteiger partial charge in [-0.25, -0.2) is 4.39 Å². The normalized spacial score (nSPS) is 24.9. The molecular formula is C18H28Cl2FN3O2. The lowest BCUT2D eigenvalue weighted by atomic mass is 9.90. The van der Waals surface area contributed by atoms with Crippen LogP contribution in [0.15, 0.2) is 18.2 Å². The third-order valence-electron chi connectivity index (χ3n) is 4.89. The number of benzene rings is 1. The van der Waals surface area contributed by atoms with Gasteiger partial charge in [-0.05, 0) is 63.8 Å². The summed E-state index contributed by atoms with van der Waals surface area (Å²) in [4.78, 5) is 12.5. The topological polar surface area (TPSA) is 62.4 Å². The van der Waals surface area contributed by atoms with Gasteiger partial charge in [0.2, 0.25) is 5.91 Å². The Kier molecular flexibility index (Phi) is 9.10. The van der Waals surface area contributed by atoms with E-state index in [1.54, 1.807) is 12.1 Å². The molecule has 3 rings (SSSR count). The van der Waals surface area contributed by atoms with Crippen molar-refractivity contribution in [3.8, 4) is 0 Å². The van der Waals surface area contributed by atoms with Crippen LogP contribution in [0.4, 0.5) is 15.8 Å². The van der Waals surface area contributed by atoms with Crippen molar-refractivity contribution in [2.75, 3.05) is 30.3 Å². The number of carbonyl (C=O) groups excluding carboxylic acids is 1. The van der Waals surface area contributed by atoms with Crippen molar-refractivity contribution >= 4 is 42.1 Å². The maximum Gasteiger partial charge on any atom is 0.244 e. The van der Waals surface area contributed by atoms with Gasteiger partial charge in [-0.2, -0.15) is 0 Å². The lowest BCUT2D eigenvalue weighted by Crippen LogP contribution is -2.54. The first kappa shape index (κ1) is 23.0. The van der Waals surface area contributed by atoms with E-state index in [1.807, 2.05) is 6.92 Å². The smallest absolute Gasteiger partial charge is 0.244 e. The third kappa shape index (κ3) is 5.71. The van der Waals surface area contributed by atoms with E-state index < -0.39 is 5.54 Å². The first-order valence-corrected chi connectivity index (χ1v) is 8.78. The Morgan fingerprint density at radius 2 is 2.15 bits per heavy atom. The molecule has 2 saturated heterocycles. The van der Waals surface area contributed by atoms with E-state index in [9.17, 15) is 9.18 Å². The Morgan fingerprint density at radius 3 is 2.77 bits per heavy atom. The van der Waals surface area contributed by atoms with Gasteiger partial charge in [-0.1, -0.05) is 0 Å². The minimum Gasteiger partial charge on any atom is -0.380 e. The summed E-state index contributed by atoms with van der Waals surface area (Å²) in [6, 6.07) is 4.75. The van der Waals surface area contributed by atoms with Crippen LogP contribution >= 0.6 is 24.8 Å². The molecule has 0 radical (unpaired) electrons. The summed E-state index contributed by atoms with van der Waals surface area (Å²) < 4.78 is 19.8. The van der Waals surface area contributed by atoms with Crippen molar-refractivity contribution in [3.63, 3.8) is 0 Å². The molecule has 148 valence electrons.